The van der Waals surface area contributed by atoms with Gasteiger partial charge in [0.15, 0.2) is 9.30 Å². The van der Waals surface area contributed by atoms with E-state index in [4.69, 9.17) is 9.84 Å². The van der Waals surface area contributed by atoms with Crippen molar-refractivity contribution in [2.75, 3.05) is 0 Å². The lowest BCUT2D eigenvalue weighted by atomic mass is 10.1. The third-order valence-corrected chi connectivity index (χ3v) is 4.17. The first-order chi connectivity index (χ1) is 12.1. The molecule has 0 amide bonds. The molecule has 1 atom stereocenters. The summed E-state index contributed by atoms with van der Waals surface area (Å²) in [6.07, 6.45) is 0. The van der Waals surface area contributed by atoms with Gasteiger partial charge in [-0.15, -0.1) is 9.24 Å². The number of aromatic nitrogens is 3. The van der Waals surface area contributed by atoms with Crippen LogP contribution in [0.25, 0.3) is 16.8 Å². The lowest BCUT2D eigenvalue weighted by Crippen LogP contribution is -2.18. The second-order valence-corrected chi connectivity index (χ2v) is 11.2. The van der Waals surface area contributed by atoms with E-state index in [-0.39, 0.29) is 8.76 Å². The molecule has 3 rings (SSSR count). The second-order valence-electron chi connectivity index (χ2n) is 7.12. The highest BCUT2D eigenvalue weighted by atomic mass is 127. The third kappa shape index (κ3) is 3.99. The largest absolute Gasteiger partial charge is 0.478 e. The smallest absolute Gasteiger partial charge is 0.168 e. The molecule has 0 spiro atoms. The van der Waals surface area contributed by atoms with E-state index >= 15 is 0 Å². The molecule has 0 aliphatic rings. The van der Waals surface area contributed by atoms with E-state index in [2.05, 4.69) is 42.9 Å². The Balaban J connectivity index is 2.05. The summed E-state index contributed by atoms with van der Waals surface area (Å²) in [6, 6.07) is 13.8. The maximum Gasteiger partial charge on any atom is 0.168 e. The first kappa shape index (κ1) is 19.1. The van der Waals surface area contributed by atoms with Gasteiger partial charge in [-0.2, -0.15) is 10.4 Å². The number of rotatable bonds is 4. The van der Waals surface area contributed by atoms with Gasteiger partial charge in [-0.1, -0.05) is 0 Å². The Morgan fingerprint density at radius 3 is 2.31 bits per heavy atom. The summed E-state index contributed by atoms with van der Waals surface area (Å²) in [5, 5.41) is 13.8. The second kappa shape index (κ2) is 6.79. The number of hydrogen-bond acceptors (Lipinski definition) is 4. The molecule has 0 fully saturated rings. The summed E-state index contributed by atoms with van der Waals surface area (Å²) in [5.41, 5.74) is 2.90. The van der Waals surface area contributed by atoms with E-state index in [0.29, 0.717) is 11.2 Å². The van der Waals surface area contributed by atoms with Crippen LogP contribution < -0.4 is 4.74 Å². The molecule has 5 nitrogen and oxygen atoms in total. The number of alkyl halides is 1. The van der Waals surface area contributed by atoms with E-state index in [9.17, 15) is 5.26 Å². The minimum atomic E-state index is -0.298. The molecule has 1 aromatic carbocycles. The fraction of sp³-hybridized carbons (Fsp3) is 0.316. The Kier molecular flexibility index (Phi) is 4.98. The zero-order valence-corrected chi connectivity index (χ0v) is 18.4. The summed E-state index contributed by atoms with van der Waals surface area (Å²) in [7, 11) is 2.76. The van der Waals surface area contributed by atoms with Gasteiger partial charge >= 0.3 is 0 Å². The van der Waals surface area contributed by atoms with Gasteiger partial charge in [0.2, 0.25) is 0 Å². The first-order valence-electron chi connectivity index (χ1n) is 8.16. The van der Waals surface area contributed by atoms with Crippen molar-refractivity contribution in [3.05, 3.63) is 47.9 Å². The van der Waals surface area contributed by atoms with Crippen molar-refractivity contribution in [1.82, 2.24) is 14.6 Å². The normalized spacial score (nSPS) is 12.2. The van der Waals surface area contributed by atoms with Gasteiger partial charge in [-0.3, -0.25) is 0 Å². The molecule has 3 aromatic rings. The lowest BCUT2D eigenvalue weighted by Gasteiger charge is -2.19. The fourth-order valence-electron chi connectivity index (χ4n) is 2.60. The zero-order chi connectivity index (χ0) is 19.1. The van der Waals surface area contributed by atoms with Crippen LogP contribution in [0.1, 0.15) is 39.2 Å². The highest BCUT2D eigenvalue weighted by molar-refractivity contribution is 14.1. The summed E-state index contributed by atoms with van der Waals surface area (Å²) >= 11 is 2.25. The molecule has 7 heteroatoms. The van der Waals surface area contributed by atoms with Crippen LogP contribution in [0.2, 0.25) is 0 Å². The topological polar surface area (TPSA) is 63.2 Å². The molecule has 2 aromatic heterocycles. The number of hydrogen-bond donors (Lipinski definition) is 0. The van der Waals surface area contributed by atoms with Crippen LogP contribution in [0.15, 0.2) is 36.4 Å². The number of imidazole rings is 1. The molecule has 0 N–H and O–H groups in total. The maximum absolute atomic E-state index is 9.35. The van der Waals surface area contributed by atoms with Crippen molar-refractivity contribution in [3.63, 3.8) is 0 Å². The van der Waals surface area contributed by atoms with Gasteiger partial charge < -0.3 is 4.74 Å². The lowest BCUT2D eigenvalue weighted by molar-refractivity contribution is 0.225. The fourth-order valence-corrected chi connectivity index (χ4v) is 3.04. The van der Waals surface area contributed by atoms with Crippen LogP contribution in [-0.4, -0.2) is 18.2 Å². The van der Waals surface area contributed by atoms with E-state index < -0.39 is 0 Å². The quantitative estimate of drug-likeness (QED) is 0.303. The molecule has 0 saturated carbocycles. The van der Waals surface area contributed by atoms with Gasteiger partial charge in [0.25, 0.3) is 0 Å². The van der Waals surface area contributed by atoms with Crippen molar-refractivity contribution in [2.24, 2.45) is 0 Å². The monoisotopic (exact) mass is 478 g/mol. The minimum Gasteiger partial charge on any atom is -0.478 e. The molecule has 2 heterocycles. The van der Waals surface area contributed by atoms with E-state index in [0.717, 1.165) is 22.8 Å². The van der Waals surface area contributed by atoms with Crippen molar-refractivity contribution >= 4 is 37.3 Å². The zero-order valence-electron chi connectivity index (χ0n) is 15.1. The summed E-state index contributed by atoms with van der Waals surface area (Å²) < 4.78 is 7.36. The first-order valence-corrected chi connectivity index (χ1v) is 9.82. The molecular weight excluding hydrogens is 458 g/mol. The molecule has 1 unspecified atom stereocenters. The van der Waals surface area contributed by atoms with Gasteiger partial charge in [0.1, 0.15) is 23.2 Å². The van der Waals surface area contributed by atoms with Crippen molar-refractivity contribution in [3.8, 4) is 23.1 Å². The van der Waals surface area contributed by atoms with Gasteiger partial charge in [0, 0.05) is 10.7 Å². The van der Waals surface area contributed by atoms with Crippen LogP contribution in [-0.2, 0) is 5.16 Å². The van der Waals surface area contributed by atoms with Gasteiger partial charge in [-0.05, 0) is 86.7 Å². The predicted octanol–water partition coefficient (Wildman–Crippen LogP) is 4.93. The Labute approximate surface area is 169 Å². The number of fused-ring (bicyclic) bond motifs is 1. The summed E-state index contributed by atoms with van der Waals surface area (Å²) in [4.78, 5) is 4.47. The maximum atomic E-state index is 9.35. The average Bonchev–Trinajstić information content (AvgIpc) is 2.92. The highest BCUT2D eigenvalue weighted by Crippen LogP contribution is 2.32. The van der Waals surface area contributed by atoms with Crippen molar-refractivity contribution in [2.45, 2.75) is 36.5 Å². The van der Waals surface area contributed by atoms with Gasteiger partial charge in [-0.25, -0.2) is 9.50 Å². The number of benzene rings is 1. The Morgan fingerprint density at radius 2 is 1.77 bits per heavy atom. The van der Waals surface area contributed by atoms with Crippen LogP contribution in [0, 0.1) is 11.3 Å². The third-order valence-electron chi connectivity index (χ3n) is 3.69. The number of halogens is 1. The molecule has 0 bridgehead atoms. The van der Waals surface area contributed by atoms with Crippen molar-refractivity contribution in [1.29, 1.82) is 5.26 Å². The highest BCUT2D eigenvalue weighted by Gasteiger charge is 2.24. The molecular formula is C19H20IN4OP. The summed E-state index contributed by atoms with van der Waals surface area (Å²) in [5.74, 6) is 1.55. The molecule has 0 saturated heterocycles. The summed E-state index contributed by atoms with van der Waals surface area (Å²) in [6.45, 7) is 8.07. The molecule has 26 heavy (non-hydrogen) atoms. The van der Waals surface area contributed by atoms with E-state index in [1.54, 1.807) is 4.52 Å². The predicted molar refractivity (Wildman–Crippen MR) is 115 cm³/mol. The van der Waals surface area contributed by atoms with Crippen molar-refractivity contribution < 1.29 is 4.74 Å². The van der Waals surface area contributed by atoms with Gasteiger partial charge in [0.05, 0.1) is 5.69 Å². The number of nitrogens with zero attached hydrogens (tertiary/aromatic N) is 4. The number of ether oxygens (including phenoxy) is 1. The Hall–Kier alpha value is -1.71. The van der Waals surface area contributed by atoms with E-state index in [1.165, 1.54) is 0 Å². The Bertz CT molecular complexity index is 992. The standard InChI is InChI=1S/C19H20IN4OP/c1-18(2,26)17-22-15(11-21)16-10-9-14(23-24(16)17)12-5-7-13(8-6-12)25-19(3,4)20/h5-10H,26H2,1-4H3. The van der Waals surface area contributed by atoms with Crippen LogP contribution in [0.3, 0.4) is 0 Å². The average molecular weight is 478 g/mol. The van der Waals surface area contributed by atoms with Crippen LogP contribution in [0.5, 0.6) is 5.75 Å². The van der Waals surface area contributed by atoms with Crippen LogP contribution in [0.4, 0.5) is 0 Å². The Morgan fingerprint density at radius 1 is 1.12 bits per heavy atom. The van der Waals surface area contributed by atoms with Crippen LogP contribution >= 0.6 is 31.8 Å². The minimum absolute atomic E-state index is 0.264. The molecule has 0 radical (unpaired) electrons. The molecule has 0 aliphatic carbocycles. The SMILES string of the molecule is CC(C)(I)Oc1ccc(-c2ccc3c(C#N)nc(C(C)(C)P)n3n2)cc1. The number of nitriles is 1. The molecule has 134 valence electrons. The van der Waals surface area contributed by atoms with E-state index in [1.807, 2.05) is 64.1 Å². The molecule has 0 aliphatic heterocycles.